The van der Waals surface area contributed by atoms with Crippen LogP contribution >= 0.6 is 0 Å². The van der Waals surface area contributed by atoms with Gasteiger partial charge in [-0.3, -0.25) is 14.5 Å². The van der Waals surface area contributed by atoms with Crippen molar-refractivity contribution in [2.24, 2.45) is 0 Å². The topological polar surface area (TPSA) is 124 Å². The number of benzene rings is 4. The Morgan fingerprint density at radius 1 is 0.800 bits per heavy atom. The van der Waals surface area contributed by atoms with Gasteiger partial charge >= 0.3 is 17.8 Å². The zero-order valence-electron chi connectivity index (χ0n) is 29.2. The molecule has 262 valence electrons. The molecule has 0 atom stereocenters. The lowest BCUT2D eigenvalue weighted by Gasteiger charge is -2.27. The molecule has 2 saturated heterocycles. The van der Waals surface area contributed by atoms with Crippen LogP contribution in [0.25, 0.3) is 21.9 Å². The quantitative estimate of drug-likeness (QED) is 0.186. The molecule has 4 aromatic rings. The third kappa shape index (κ3) is 8.07. The summed E-state index contributed by atoms with van der Waals surface area (Å²) in [7, 11) is 1.46. The average Bonchev–Trinajstić information content (AvgIpc) is 3.12. The van der Waals surface area contributed by atoms with Crippen LogP contribution in [0.15, 0.2) is 72.8 Å². The molecule has 4 aromatic carbocycles. The van der Waals surface area contributed by atoms with Crippen molar-refractivity contribution in [3.05, 3.63) is 83.9 Å². The number of hydrogen-bond acceptors (Lipinski definition) is 7. The Labute approximate surface area is 293 Å². The number of fused-ring (bicyclic) bond motifs is 1. The Morgan fingerprint density at radius 3 is 2.10 bits per heavy atom. The van der Waals surface area contributed by atoms with Crippen molar-refractivity contribution in [3.63, 3.8) is 0 Å². The van der Waals surface area contributed by atoms with Gasteiger partial charge in [0, 0.05) is 51.2 Å². The number of carbonyl (C=O) groups excluding carboxylic acids is 3. The van der Waals surface area contributed by atoms with Crippen LogP contribution in [0.1, 0.15) is 31.9 Å². The summed E-state index contributed by atoms with van der Waals surface area (Å²) in [5.74, 6) is -1.13. The van der Waals surface area contributed by atoms with Gasteiger partial charge in [0.15, 0.2) is 5.75 Å². The SMILES string of the molecule is COc1c(NC(=O)Nc2ccc(-c3ccc(CN4CCOCC4)cc3)c3ccccc23)cc(C(C)(C)C)cc1NC(=O)C(=O)N1CCNCC1. The highest BCUT2D eigenvalue weighted by atomic mass is 16.5. The summed E-state index contributed by atoms with van der Waals surface area (Å²) in [5.41, 5.74) is 5.23. The van der Waals surface area contributed by atoms with Gasteiger partial charge in [-0.25, -0.2) is 4.79 Å². The van der Waals surface area contributed by atoms with Gasteiger partial charge in [-0.1, -0.05) is 75.4 Å². The highest BCUT2D eigenvalue weighted by Gasteiger charge is 2.27. The molecule has 0 aliphatic carbocycles. The van der Waals surface area contributed by atoms with E-state index < -0.39 is 17.8 Å². The molecule has 4 N–H and O–H groups in total. The molecule has 0 aromatic heterocycles. The van der Waals surface area contributed by atoms with Crippen molar-refractivity contribution >= 4 is 45.7 Å². The minimum atomic E-state index is -0.759. The molecule has 6 rings (SSSR count). The number of morpholine rings is 1. The zero-order valence-corrected chi connectivity index (χ0v) is 29.2. The predicted octanol–water partition coefficient (Wildman–Crippen LogP) is 5.66. The lowest BCUT2D eigenvalue weighted by molar-refractivity contribution is -0.143. The number of piperazine rings is 1. The number of anilines is 3. The molecule has 11 heteroatoms. The molecule has 0 radical (unpaired) electrons. The van der Waals surface area contributed by atoms with E-state index in [0.29, 0.717) is 43.2 Å². The largest absolute Gasteiger partial charge is 0.492 e. The first-order chi connectivity index (χ1) is 24.1. The smallest absolute Gasteiger partial charge is 0.323 e. The van der Waals surface area contributed by atoms with E-state index in [1.807, 2.05) is 57.2 Å². The minimum absolute atomic E-state index is 0.242. The average molecular weight is 679 g/mol. The van der Waals surface area contributed by atoms with Gasteiger partial charge in [0.1, 0.15) is 0 Å². The number of nitrogens with zero attached hydrogens (tertiary/aromatic N) is 2. The standard InChI is InChI=1S/C39H46N6O5/c1-39(2,3)28-23-33(41-36(46)37(47)45-17-15-40-16-18-45)35(49-4)34(24-28)43-38(48)42-32-14-13-29(30-7-5-6-8-31(30)32)27-11-9-26(10-12-27)25-44-19-21-50-22-20-44/h5-14,23-24,40H,15-22,25H2,1-4H3,(H,41,46)(H2,42,43,48). The molecule has 2 aliphatic rings. The van der Waals surface area contributed by atoms with Crippen LogP contribution in [0.4, 0.5) is 21.9 Å². The van der Waals surface area contributed by atoms with Crippen LogP contribution < -0.4 is 26.0 Å². The lowest BCUT2D eigenvalue weighted by atomic mass is 9.86. The number of ether oxygens (including phenoxy) is 2. The first-order valence-electron chi connectivity index (χ1n) is 17.1. The first kappa shape index (κ1) is 34.9. The highest BCUT2D eigenvalue weighted by molar-refractivity contribution is 6.39. The number of rotatable bonds is 7. The maximum absolute atomic E-state index is 13.6. The molecule has 2 aliphatic heterocycles. The monoisotopic (exact) mass is 678 g/mol. The van der Waals surface area contributed by atoms with Crippen LogP contribution in [0.5, 0.6) is 5.75 Å². The van der Waals surface area contributed by atoms with E-state index >= 15 is 0 Å². The number of methoxy groups -OCH3 is 1. The molecule has 50 heavy (non-hydrogen) atoms. The molecule has 4 amide bonds. The fraction of sp³-hybridized carbons (Fsp3) is 0.359. The normalized spacial score (nSPS) is 15.4. The van der Waals surface area contributed by atoms with Gasteiger partial charge < -0.3 is 35.6 Å². The summed E-state index contributed by atoms with van der Waals surface area (Å²) >= 11 is 0. The third-order valence-electron chi connectivity index (χ3n) is 9.20. The van der Waals surface area contributed by atoms with E-state index in [-0.39, 0.29) is 11.2 Å². The Morgan fingerprint density at radius 2 is 1.44 bits per heavy atom. The summed E-state index contributed by atoms with van der Waals surface area (Å²) in [6.07, 6.45) is 0. The van der Waals surface area contributed by atoms with E-state index in [2.05, 4.69) is 56.5 Å². The van der Waals surface area contributed by atoms with Gasteiger partial charge in [-0.15, -0.1) is 0 Å². The molecule has 2 heterocycles. The van der Waals surface area contributed by atoms with Crippen LogP contribution in [0, 0.1) is 0 Å². The van der Waals surface area contributed by atoms with E-state index in [1.54, 1.807) is 6.07 Å². The Kier molecular flexibility index (Phi) is 10.7. The summed E-state index contributed by atoms with van der Waals surface area (Å²) in [5, 5.41) is 13.8. The number of hydrogen-bond donors (Lipinski definition) is 4. The van der Waals surface area contributed by atoms with E-state index in [1.165, 1.54) is 17.6 Å². The van der Waals surface area contributed by atoms with Crippen molar-refractivity contribution in [1.82, 2.24) is 15.1 Å². The highest BCUT2D eigenvalue weighted by Crippen LogP contribution is 2.39. The van der Waals surface area contributed by atoms with Crippen molar-refractivity contribution in [2.45, 2.75) is 32.7 Å². The summed E-state index contributed by atoms with van der Waals surface area (Å²) in [4.78, 5) is 43.5. The number of urea groups is 1. The molecular weight excluding hydrogens is 632 g/mol. The fourth-order valence-corrected chi connectivity index (χ4v) is 6.40. The minimum Gasteiger partial charge on any atom is -0.492 e. The van der Waals surface area contributed by atoms with Crippen molar-refractivity contribution < 1.29 is 23.9 Å². The van der Waals surface area contributed by atoms with Gasteiger partial charge in [-0.05, 0) is 51.3 Å². The van der Waals surface area contributed by atoms with Gasteiger partial charge in [0.2, 0.25) is 0 Å². The molecule has 0 spiro atoms. The number of carbonyl (C=O) groups is 3. The number of nitrogens with one attached hydrogen (secondary N) is 4. The maximum atomic E-state index is 13.6. The second kappa shape index (κ2) is 15.3. The summed E-state index contributed by atoms with van der Waals surface area (Å²) < 4.78 is 11.2. The van der Waals surface area contributed by atoms with Crippen molar-refractivity contribution in [2.75, 3.05) is 75.5 Å². The van der Waals surface area contributed by atoms with E-state index in [0.717, 1.165) is 60.3 Å². The second-order valence-electron chi connectivity index (χ2n) is 13.7. The summed E-state index contributed by atoms with van der Waals surface area (Å²) in [6, 6.07) is 23.7. The van der Waals surface area contributed by atoms with Crippen LogP contribution in [-0.2, 0) is 26.3 Å². The lowest BCUT2D eigenvalue weighted by Crippen LogP contribution is -2.49. The van der Waals surface area contributed by atoms with Crippen LogP contribution in [0.3, 0.4) is 0 Å². The Bertz CT molecular complexity index is 1860. The maximum Gasteiger partial charge on any atom is 0.323 e. The van der Waals surface area contributed by atoms with E-state index in [9.17, 15) is 14.4 Å². The second-order valence-corrected chi connectivity index (χ2v) is 13.7. The van der Waals surface area contributed by atoms with Crippen molar-refractivity contribution in [1.29, 1.82) is 0 Å². The zero-order chi connectivity index (χ0) is 35.3. The van der Waals surface area contributed by atoms with Crippen molar-refractivity contribution in [3.8, 4) is 16.9 Å². The summed E-state index contributed by atoms with van der Waals surface area (Å²) in [6.45, 7) is 12.6. The van der Waals surface area contributed by atoms with E-state index in [4.69, 9.17) is 9.47 Å². The molecule has 0 unspecified atom stereocenters. The Balaban J connectivity index is 1.22. The van der Waals surface area contributed by atoms with Gasteiger partial charge in [0.25, 0.3) is 0 Å². The molecular formula is C39H46N6O5. The van der Waals surface area contributed by atoms with Crippen LogP contribution in [-0.4, -0.2) is 87.2 Å². The molecule has 2 fully saturated rings. The predicted molar refractivity (Wildman–Crippen MR) is 198 cm³/mol. The Hall–Kier alpha value is -4.97. The van der Waals surface area contributed by atoms with Gasteiger partial charge in [-0.2, -0.15) is 0 Å². The first-order valence-corrected chi connectivity index (χ1v) is 17.1. The molecule has 11 nitrogen and oxygen atoms in total. The van der Waals surface area contributed by atoms with Gasteiger partial charge in [0.05, 0.1) is 37.4 Å². The number of amides is 4. The third-order valence-corrected chi connectivity index (χ3v) is 9.20. The van der Waals surface area contributed by atoms with Crippen LogP contribution in [0.2, 0.25) is 0 Å². The molecule has 0 bridgehead atoms. The molecule has 0 saturated carbocycles. The fourth-order valence-electron chi connectivity index (χ4n) is 6.40.